The highest BCUT2D eigenvalue weighted by Crippen LogP contribution is 2.17. The van der Waals surface area contributed by atoms with E-state index in [1.165, 1.54) is 23.9 Å². The van der Waals surface area contributed by atoms with E-state index in [2.05, 4.69) is 28.8 Å². The average molecular weight is 311 g/mol. The number of halogens is 1. The molecule has 0 spiro atoms. The Hall–Kier alpha value is -1.33. The van der Waals surface area contributed by atoms with Crippen molar-refractivity contribution in [1.82, 2.24) is 14.7 Å². The van der Waals surface area contributed by atoms with Gasteiger partial charge >= 0.3 is 0 Å². The van der Waals surface area contributed by atoms with Gasteiger partial charge in [0.1, 0.15) is 5.02 Å². The van der Waals surface area contributed by atoms with E-state index in [0.717, 1.165) is 19.6 Å². The van der Waals surface area contributed by atoms with E-state index in [1.54, 1.807) is 12.3 Å². The van der Waals surface area contributed by atoms with E-state index in [9.17, 15) is 4.79 Å². The van der Waals surface area contributed by atoms with Crippen molar-refractivity contribution in [3.05, 3.63) is 34.2 Å². The van der Waals surface area contributed by atoms with Crippen LogP contribution in [0, 0.1) is 0 Å². The Morgan fingerprint density at radius 1 is 1.48 bits per heavy atom. The number of allylic oxidation sites excluding steroid dienone is 1. The van der Waals surface area contributed by atoms with E-state index in [-0.39, 0.29) is 10.6 Å². The normalized spacial score (nSPS) is 17.4. The van der Waals surface area contributed by atoms with Gasteiger partial charge in [0.25, 0.3) is 5.56 Å². The summed E-state index contributed by atoms with van der Waals surface area (Å²) in [6, 6.07) is 0.414. The largest absolute Gasteiger partial charge is 0.381 e. The maximum atomic E-state index is 12.0. The zero-order valence-corrected chi connectivity index (χ0v) is 13.3. The predicted octanol–water partition coefficient (Wildman–Crippen LogP) is 2.37. The lowest BCUT2D eigenvalue weighted by Gasteiger charge is -2.32. The minimum Gasteiger partial charge on any atom is -0.381 e. The first-order chi connectivity index (χ1) is 10.1. The standard InChI is InChI=1S/C15H23ClN4O/c1-3-7-20-15(21)14(16)13(11-18-20)17-10-12(2)19-8-5-4-6-9-19/h3,11-12,17H,1,4-10H2,2H3. The Morgan fingerprint density at radius 2 is 2.19 bits per heavy atom. The van der Waals surface area contributed by atoms with Gasteiger partial charge in [-0.05, 0) is 32.9 Å². The highest BCUT2D eigenvalue weighted by Gasteiger charge is 2.17. The molecule has 2 rings (SSSR count). The number of aromatic nitrogens is 2. The molecule has 0 aliphatic carbocycles. The molecule has 1 saturated heterocycles. The van der Waals surface area contributed by atoms with Gasteiger partial charge < -0.3 is 5.32 Å². The van der Waals surface area contributed by atoms with Crippen molar-refractivity contribution in [1.29, 1.82) is 0 Å². The predicted molar refractivity (Wildman–Crippen MR) is 87.1 cm³/mol. The number of anilines is 1. The lowest BCUT2D eigenvalue weighted by Crippen LogP contribution is -2.41. The van der Waals surface area contributed by atoms with Crippen LogP contribution in [0.5, 0.6) is 0 Å². The van der Waals surface area contributed by atoms with E-state index in [0.29, 0.717) is 18.3 Å². The van der Waals surface area contributed by atoms with Gasteiger partial charge in [-0.25, -0.2) is 4.68 Å². The topological polar surface area (TPSA) is 50.2 Å². The number of nitrogens with zero attached hydrogens (tertiary/aromatic N) is 3. The van der Waals surface area contributed by atoms with E-state index in [1.807, 2.05) is 0 Å². The molecule has 0 radical (unpaired) electrons. The van der Waals surface area contributed by atoms with Crippen LogP contribution in [0.4, 0.5) is 5.69 Å². The highest BCUT2D eigenvalue weighted by atomic mass is 35.5. The van der Waals surface area contributed by atoms with Crippen molar-refractivity contribution < 1.29 is 0 Å². The molecule has 0 bridgehead atoms. The lowest BCUT2D eigenvalue weighted by molar-refractivity contribution is 0.180. The third-order valence-electron chi connectivity index (χ3n) is 3.89. The zero-order valence-electron chi connectivity index (χ0n) is 12.5. The van der Waals surface area contributed by atoms with Crippen molar-refractivity contribution in [3.63, 3.8) is 0 Å². The maximum Gasteiger partial charge on any atom is 0.287 e. The number of piperidine rings is 1. The fourth-order valence-corrected chi connectivity index (χ4v) is 2.80. The summed E-state index contributed by atoms with van der Waals surface area (Å²) in [6.45, 7) is 9.21. The van der Waals surface area contributed by atoms with Crippen LogP contribution in [-0.2, 0) is 6.54 Å². The van der Waals surface area contributed by atoms with Gasteiger partial charge in [0.2, 0.25) is 0 Å². The molecular formula is C15H23ClN4O. The summed E-state index contributed by atoms with van der Waals surface area (Å²) in [5.74, 6) is 0. The van der Waals surface area contributed by atoms with E-state index in [4.69, 9.17) is 11.6 Å². The summed E-state index contributed by atoms with van der Waals surface area (Å²) in [5, 5.41) is 7.53. The second-order valence-electron chi connectivity index (χ2n) is 5.47. The van der Waals surface area contributed by atoms with Crippen LogP contribution < -0.4 is 10.9 Å². The molecule has 0 amide bonds. The SMILES string of the molecule is C=CCn1ncc(NCC(C)N2CCCCC2)c(Cl)c1=O. The van der Waals surface area contributed by atoms with Gasteiger partial charge in [0, 0.05) is 12.6 Å². The van der Waals surface area contributed by atoms with Crippen molar-refractivity contribution in [2.75, 3.05) is 25.0 Å². The fraction of sp³-hybridized carbons (Fsp3) is 0.600. The summed E-state index contributed by atoms with van der Waals surface area (Å²) in [5.41, 5.74) is 0.318. The van der Waals surface area contributed by atoms with Gasteiger partial charge in [-0.1, -0.05) is 24.1 Å². The first-order valence-corrected chi connectivity index (χ1v) is 7.85. The van der Waals surface area contributed by atoms with Crippen LogP contribution in [0.3, 0.4) is 0 Å². The average Bonchev–Trinajstić information content (AvgIpc) is 2.52. The van der Waals surface area contributed by atoms with Gasteiger partial charge in [-0.2, -0.15) is 5.10 Å². The maximum absolute atomic E-state index is 12.0. The molecule has 1 atom stereocenters. The minimum absolute atomic E-state index is 0.192. The molecule has 1 aliphatic heterocycles. The summed E-state index contributed by atoms with van der Waals surface area (Å²) in [6.07, 6.45) is 7.09. The molecule has 1 N–H and O–H groups in total. The first kappa shape index (κ1) is 16.0. The van der Waals surface area contributed by atoms with Gasteiger partial charge in [0.05, 0.1) is 18.4 Å². The van der Waals surface area contributed by atoms with Crippen molar-refractivity contribution in [2.24, 2.45) is 0 Å². The third-order valence-corrected chi connectivity index (χ3v) is 4.25. The second kappa shape index (κ2) is 7.61. The Bertz CT molecular complexity index is 537. The number of hydrogen-bond donors (Lipinski definition) is 1. The highest BCUT2D eigenvalue weighted by molar-refractivity contribution is 6.32. The molecule has 0 aromatic carbocycles. The van der Waals surface area contributed by atoms with Gasteiger partial charge in [-0.15, -0.1) is 6.58 Å². The molecule has 21 heavy (non-hydrogen) atoms. The summed E-state index contributed by atoms with van der Waals surface area (Å²) in [4.78, 5) is 14.5. The van der Waals surface area contributed by atoms with E-state index < -0.39 is 0 Å². The Kier molecular flexibility index (Phi) is 5.82. The smallest absolute Gasteiger partial charge is 0.287 e. The number of hydrogen-bond acceptors (Lipinski definition) is 4. The first-order valence-electron chi connectivity index (χ1n) is 7.48. The van der Waals surface area contributed by atoms with Crippen molar-refractivity contribution >= 4 is 17.3 Å². The molecular weight excluding hydrogens is 288 g/mol. The molecule has 1 aliphatic rings. The molecule has 2 heterocycles. The molecule has 116 valence electrons. The van der Waals surface area contributed by atoms with Crippen LogP contribution in [0.15, 0.2) is 23.6 Å². The summed E-state index contributed by atoms with van der Waals surface area (Å²) >= 11 is 6.12. The monoisotopic (exact) mass is 310 g/mol. The molecule has 1 fully saturated rings. The van der Waals surface area contributed by atoms with Crippen molar-refractivity contribution in [2.45, 2.75) is 38.8 Å². The van der Waals surface area contributed by atoms with Gasteiger partial charge in [-0.3, -0.25) is 9.69 Å². The van der Waals surface area contributed by atoms with Crippen LogP contribution in [0.2, 0.25) is 5.02 Å². The van der Waals surface area contributed by atoms with Crippen molar-refractivity contribution in [3.8, 4) is 0 Å². The molecule has 0 saturated carbocycles. The fourth-order valence-electron chi connectivity index (χ4n) is 2.59. The molecule has 1 aromatic heterocycles. The minimum atomic E-state index is -0.285. The quantitative estimate of drug-likeness (QED) is 0.820. The van der Waals surface area contributed by atoms with Gasteiger partial charge in [0.15, 0.2) is 0 Å². The zero-order chi connectivity index (χ0) is 15.2. The lowest BCUT2D eigenvalue weighted by atomic mass is 10.1. The number of likely N-dealkylation sites (tertiary alicyclic amines) is 1. The third kappa shape index (κ3) is 4.08. The molecule has 6 heteroatoms. The Labute approximate surface area is 130 Å². The Balaban J connectivity index is 1.98. The number of rotatable bonds is 6. The van der Waals surface area contributed by atoms with Crippen LogP contribution >= 0.6 is 11.6 Å². The Morgan fingerprint density at radius 3 is 2.86 bits per heavy atom. The molecule has 1 unspecified atom stereocenters. The summed E-state index contributed by atoms with van der Waals surface area (Å²) in [7, 11) is 0. The van der Waals surface area contributed by atoms with Crippen LogP contribution in [0.1, 0.15) is 26.2 Å². The van der Waals surface area contributed by atoms with Crippen LogP contribution in [-0.4, -0.2) is 40.4 Å². The van der Waals surface area contributed by atoms with Crippen LogP contribution in [0.25, 0.3) is 0 Å². The molecule has 5 nitrogen and oxygen atoms in total. The second-order valence-corrected chi connectivity index (χ2v) is 5.85. The summed E-state index contributed by atoms with van der Waals surface area (Å²) < 4.78 is 1.30. The number of nitrogens with one attached hydrogen (secondary N) is 1. The molecule has 1 aromatic rings. The van der Waals surface area contributed by atoms with E-state index >= 15 is 0 Å².